The second-order valence-electron chi connectivity index (χ2n) is 5.40. The fourth-order valence-corrected chi connectivity index (χ4v) is 2.86. The summed E-state index contributed by atoms with van der Waals surface area (Å²) in [6.45, 7) is 0. The molecule has 0 aliphatic heterocycles. The average molecular weight is 312 g/mol. The van der Waals surface area contributed by atoms with Gasteiger partial charge in [0, 0.05) is 46.2 Å². The second kappa shape index (κ2) is 5.52. The lowest BCUT2D eigenvalue weighted by Gasteiger charge is -2.07. The van der Waals surface area contributed by atoms with Gasteiger partial charge in [-0.05, 0) is 18.2 Å². The van der Waals surface area contributed by atoms with E-state index in [4.69, 9.17) is 0 Å². The number of pyridine rings is 2. The molecule has 0 amide bonds. The standard InChI is InChI=1S/C19H12N4O/c20-9-15-14(12-4-3-7-21-10-12)8-18(23-19(15)24)16-11-22-17-6-2-1-5-13(16)17/h1-8,10-11,22H,(H,23,24). The van der Waals surface area contributed by atoms with Crippen LogP contribution < -0.4 is 5.56 Å². The van der Waals surface area contributed by atoms with Crippen molar-refractivity contribution >= 4 is 10.9 Å². The zero-order chi connectivity index (χ0) is 16.5. The van der Waals surface area contributed by atoms with Crippen LogP contribution in [0.2, 0.25) is 0 Å². The zero-order valence-electron chi connectivity index (χ0n) is 12.6. The molecule has 4 rings (SSSR count). The number of aromatic nitrogens is 3. The lowest BCUT2D eigenvalue weighted by Crippen LogP contribution is -2.12. The Kier molecular flexibility index (Phi) is 3.22. The number of nitrogens with one attached hydrogen (secondary N) is 2. The van der Waals surface area contributed by atoms with Crippen LogP contribution in [0.3, 0.4) is 0 Å². The Balaban J connectivity index is 2.00. The second-order valence-corrected chi connectivity index (χ2v) is 5.40. The number of para-hydroxylation sites is 1. The molecule has 0 saturated heterocycles. The Morgan fingerprint density at radius 1 is 1.08 bits per heavy atom. The maximum Gasteiger partial charge on any atom is 0.266 e. The van der Waals surface area contributed by atoms with Crippen molar-refractivity contribution in [2.24, 2.45) is 0 Å². The first kappa shape index (κ1) is 14.0. The summed E-state index contributed by atoms with van der Waals surface area (Å²) in [6, 6.07) is 15.3. The van der Waals surface area contributed by atoms with Crippen LogP contribution in [-0.4, -0.2) is 15.0 Å². The molecular formula is C19H12N4O. The van der Waals surface area contributed by atoms with Crippen molar-refractivity contribution in [2.45, 2.75) is 0 Å². The molecule has 0 saturated carbocycles. The van der Waals surface area contributed by atoms with Gasteiger partial charge in [-0.3, -0.25) is 9.78 Å². The van der Waals surface area contributed by atoms with E-state index >= 15 is 0 Å². The molecule has 1 aromatic carbocycles. The van der Waals surface area contributed by atoms with Gasteiger partial charge in [0.25, 0.3) is 5.56 Å². The van der Waals surface area contributed by atoms with Crippen molar-refractivity contribution in [3.8, 4) is 28.5 Å². The Morgan fingerprint density at radius 2 is 1.96 bits per heavy atom. The Hall–Kier alpha value is -3.65. The number of rotatable bonds is 2. The molecule has 3 heterocycles. The van der Waals surface area contributed by atoms with Gasteiger partial charge in [-0.1, -0.05) is 24.3 Å². The molecule has 0 bridgehead atoms. The van der Waals surface area contributed by atoms with Crippen molar-refractivity contribution in [3.05, 3.63) is 77.0 Å². The van der Waals surface area contributed by atoms with Crippen molar-refractivity contribution in [3.63, 3.8) is 0 Å². The SMILES string of the molecule is N#Cc1c(-c2cccnc2)cc(-c2c[nH]c3ccccc23)[nH]c1=O. The van der Waals surface area contributed by atoms with E-state index < -0.39 is 5.56 Å². The number of hydrogen-bond acceptors (Lipinski definition) is 3. The molecule has 0 unspecified atom stereocenters. The fraction of sp³-hybridized carbons (Fsp3) is 0. The zero-order valence-corrected chi connectivity index (χ0v) is 12.6. The number of benzene rings is 1. The molecule has 24 heavy (non-hydrogen) atoms. The highest BCUT2D eigenvalue weighted by molar-refractivity contribution is 5.95. The summed E-state index contributed by atoms with van der Waals surface area (Å²) in [5, 5.41) is 10.4. The fourth-order valence-electron chi connectivity index (χ4n) is 2.86. The van der Waals surface area contributed by atoms with E-state index in [1.807, 2.05) is 48.7 Å². The molecule has 5 heteroatoms. The van der Waals surface area contributed by atoms with E-state index in [0.717, 1.165) is 22.0 Å². The van der Waals surface area contributed by atoms with E-state index in [9.17, 15) is 10.1 Å². The van der Waals surface area contributed by atoms with E-state index in [2.05, 4.69) is 15.0 Å². The van der Waals surface area contributed by atoms with E-state index in [1.54, 1.807) is 18.5 Å². The first-order chi connectivity index (χ1) is 11.8. The molecular weight excluding hydrogens is 300 g/mol. The van der Waals surface area contributed by atoms with Crippen LogP contribution in [0.4, 0.5) is 0 Å². The van der Waals surface area contributed by atoms with Gasteiger partial charge in [-0.15, -0.1) is 0 Å². The van der Waals surface area contributed by atoms with Gasteiger partial charge in [0.05, 0.1) is 5.69 Å². The predicted molar refractivity (Wildman–Crippen MR) is 92.3 cm³/mol. The van der Waals surface area contributed by atoms with Gasteiger partial charge in [0.2, 0.25) is 0 Å². The summed E-state index contributed by atoms with van der Waals surface area (Å²) in [4.78, 5) is 22.5. The minimum Gasteiger partial charge on any atom is -0.360 e. The molecule has 0 spiro atoms. The first-order valence-electron chi connectivity index (χ1n) is 7.42. The summed E-state index contributed by atoms with van der Waals surface area (Å²) in [7, 11) is 0. The van der Waals surface area contributed by atoms with Crippen molar-refractivity contribution in [2.75, 3.05) is 0 Å². The highest BCUT2D eigenvalue weighted by Gasteiger charge is 2.14. The molecule has 2 N–H and O–H groups in total. The van der Waals surface area contributed by atoms with Gasteiger partial charge in [0.1, 0.15) is 11.6 Å². The highest BCUT2D eigenvalue weighted by Crippen LogP contribution is 2.30. The van der Waals surface area contributed by atoms with E-state index in [-0.39, 0.29) is 5.56 Å². The number of fused-ring (bicyclic) bond motifs is 1. The van der Waals surface area contributed by atoms with Crippen molar-refractivity contribution in [1.29, 1.82) is 5.26 Å². The first-order valence-corrected chi connectivity index (χ1v) is 7.42. The van der Waals surface area contributed by atoms with Crippen LogP contribution in [0, 0.1) is 11.3 Å². The molecule has 0 radical (unpaired) electrons. The summed E-state index contributed by atoms with van der Waals surface area (Å²) in [6.07, 6.45) is 5.16. The third-order valence-corrected chi connectivity index (χ3v) is 4.00. The monoisotopic (exact) mass is 312 g/mol. The van der Waals surface area contributed by atoms with Crippen LogP contribution in [-0.2, 0) is 0 Å². The largest absolute Gasteiger partial charge is 0.360 e. The Labute approximate surface area is 137 Å². The minimum absolute atomic E-state index is 0.0894. The Morgan fingerprint density at radius 3 is 2.75 bits per heavy atom. The topological polar surface area (TPSA) is 85.3 Å². The number of nitriles is 1. The van der Waals surface area contributed by atoms with Crippen molar-refractivity contribution < 1.29 is 0 Å². The Bertz CT molecular complexity index is 1130. The third-order valence-electron chi connectivity index (χ3n) is 4.00. The smallest absolute Gasteiger partial charge is 0.266 e. The van der Waals surface area contributed by atoms with E-state index in [0.29, 0.717) is 11.3 Å². The molecule has 3 aromatic heterocycles. The molecule has 0 fully saturated rings. The number of aromatic amines is 2. The van der Waals surface area contributed by atoms with Crippen LogP contribution in [0.5, 0.6) is 0 Å². The number of hydrogen-bond donors (Lipinski definition) is 2. The van der Waals surface area contributed by atoms with Crippen molar-refractivity contribution in [1.82, 2.24) is 15.0 Å². The van der Waals surface area contributed by atoms with Crippen LogP contribution in [0.15, 0.2) is 65.8 Å². The summed E-state index contributed by atoms with van der Waals surface area (Å²) in [5.41, 5.74) is 3.54. The number of H-pyrrole nitrogens is 2. The molecule has 4 aromatic rings. The lowest BCUT2D eigenvalue weighted by atomic mass is 10.0. The maximum atomic E-state index is 12.4. The predicted octanol–water partition coefficient (Wildman–Crippen LogP) is 3.46. The van der Waals surface area contributed by atoms with Gasteiger partial charge in [0.15, 0.2) is 0 Å². The van der Waals surface area contributed by atoms with Crippen LogP contribution in [0.25, 0.3) is 33.3 Å². The number of nitrogens with zero attached hydrogens (tertiary/aromatic N) is 2. The molecule has 114 valence electrons. The van der Waals surface area contributed by atoms with Gasteiger partial charge in [-0.2, -0.15) is 5.26 Å². The average Bonchev–Trinajstić information content (AvgIpc) is 3.06. The quantitative estimate of drug-likeness (QED) is 0.594. The van der Waals surface area contributed by atoms with Crippen LogP contribution >= 0.6 is 0 Å². The summed E-state index contributed by atoms with van der Waals surface area (Å²) < 4.78 is 0. The third kappa shape index (κ3) is 2.18. The van der Waals surface area contributed by atoms with Crippen LogP contribution in [0.1, 0.15) is 5.56 Å². The van der Waals surface area contributed by atoms with Gasteiger partial charge >= 0.3 is 0 Å². The van der Waals surface area contributed by atoms with E-state index in [1.165, 1.54) is 0 Å². The summed E-state index contributed by atoms with van der Waals surface area (Å²) >= 11 is 0. The normalized spacial score (nSPS) is 10.6. The molecule has 0 aliphatic rings. The van der Waals surface area contributed by atoms with Gasteiger partial charge < -0.3 is 9.97 Å². The lowest BCUT2D eigenvalue weighted by molar-refractivity contribution is 1.22. The molecule has 5 nitrogen and oxygen atoms in total. The van der Waals surface area contributed by atoms with Gasteiger partial charge in [-0.25, -0.2) is 0 Å². The molecule has 0 aliphatic carbocycles. The summed E-state index contributed by atoms with van der Waals surface area (Å²) in [5.74, 6) is 0. The minimum atomic E-state index is -0.404. The highest BCUT2D eigenvalue weighted by atomic mass is 16.1. The maximum absolute atomic E-state index is 12.4. The molecule has 0 atom stereocenters.